The highest BCUT2D eigenvalue weighted by Gasteiger charge is 2.05. The van der Waals surface area contributed by atoms with Crippen LogP contribution < -0.4 is 9.88 Å². The lowest BCUT2D eigenvalue weighted by atomic mass is 10.2. The van der Waals surface area contributed by atoms with Gasteiger partial charge < -0.3 is 5.11 Å². The molecule has 0 saturated heterocycles. The Hall–Kier alpha value is -0.710. The number of rotatable bonds is 5. The average Bonchev–Trinajstić information content (AvgIpc) is 2.72. The van der Waals surface area contributed by atoms with E-state index in [1.165, 1.54) is 24.2 Å². The molecule has 1 aromatic heterocycles. The van der Waals surface area contributed by atoms with Gasteiger partial charge >= 0.3 is 0 Å². The van der Waals surface area contributed by atoms with Crippen molar-refractivity contribution in [1.82, 2.24) is 4.98 Å². The van der Waals surface area contributed by atoms with Crippen LogP contribution >= 0.6 is 34.7 Å². The van der Waals surface area contributed by atoms with Crippen molar-refractivity contribution in [1.29, 1.82) is 0 Å². The summed E-state index contributed by atoms with van der Waals surface area (Å²) in [5, 5.41) is 11.4. The molecule has 0 aliphatic heterocycles. The molecule has 0 atom stereocenters. The Morgan fingerprint density at radius 1 is 1.53 bits per heavy atom. The third kappa shape index (κ3) is 3.65. The Balaban J connectivity index is 2.31. The van der Waals surface area contributed by atoms with E-state index in [0.29, 0.717) is 21.8 Å². The van der Waals surface area contributed by atoms with Crippen molar-refractivity contribution in [2.75, 3.05) is 11.5 Å². The zero-order chi connectivity index (χ0) is 13.8. The molecule has 19 heavy (non-hydrogen) atoms. The fourth-order valence-corrected chi connectivity index (χ4v) is 3.75. The molecule has 0 radical (unpaired) electrons. The van der Waals surface area contributed by atoms with Crippen molar-refractivity contribution < 1.29 is 5.11 Å². The van der Waals surface area contributed by atoms with E-state index in [1.54, 1.807) is 17.8 Å². The highest BCUT2D eigenvalue weighted by atomic mass is 35.5. The van der Waals surface area contributed by atoms with Crippen LogP contribution in [0.4, 0.5) is 0 Å². The summed E-state index contributed by atoms with van der Waals surface area (Å²) in [5.74, 6) is 2.00. The molecular formula is C14H16ClNOS2. The number of fused-ring (bicyclic) bond motifs is 1. The van der Waals surface area contributed by atoms with Gasteiger partial charge in [0.25, 0.3) is 0 Å². The Bertz CT molecular complexity index is 681. The van der Waals surface area contributed by atoms with Gasteiger partial charge in [0.05, 0.1) is 21.0 Å². The molecule has 2 nitrogen and oxygen atoms in total. The van der Waals surface area contributed by atoms with Crippen LogP contribution in [0, 0.1) is 0 Å². The van der Waals surface area contributed by atoms with E-state index in [4.69, 9.17) is 11.6 Å². The first-order valence-corrected chi connectivity index (χ1v) is 8.51. The second kappa shape index (κ2) is 6.64. The minimum absolute atomic E-state index is 0.340. The van der Waals surface area contributed by atoms with Crippen LogP contribution in [0.1, 0.15) is 19.8 Å². The van der Waals surface area contributed by atoms with Crippen LogP contribution in [0.5, 0.6) is 0 Å². The largest absolute Gasteiger partial charge is 0.511 e. The summed E-state index contributed by atoms with van der Waals surface area (Å²) in [4.78, 5) is 4.29. The number of benzene rings is 1. The van der Waals surface area contributed by atoms with Gasteiger partial charge in [-0.3, -0.25) is 0 Å². The number of hydrogen-bond acceptors (Lipinski definition) is 4. The maximum atomic E-state index is 10.1. The van der Waals surface area contributed by atoms with Crippen molar-refractivity contribution in [2.45, 2.75) is 19.8 Å². The van der Waals surface area contributed by atoms with E-state index in [1.807, 2.05) is 6.07 Å². The molecule has 0 bridgehead atoms. The molecule has 0 saturated carbocycles. The number of thioether (sulfide) groups is 1. The van der Waals surface area contributed by atoms with Gasteiger partial charge in [-0.05, 0) is 24.3 Å². The lowest BCUT2D eigenvalue weighted by Gasteiger charge is -2.02. The zero-order valence-electron chi connectivity index (χ0n) is 10.8. The summed E-state index contributed by atoms with van der Waals surface area (Å²) in [6.45, 7) is 5.98. The van der Waals surface area contributed by atoms with Crippen LogP contribution in [0.3, 0.4) is 0 Å². The molecule has 0 aliphatic rings. The van der Waals surface area contributed by atoms with Crippen LogP contribution in [0.2, 0.25) is 5.02 Å². The second-order valence-electron chi connectivity index (χ2n) is 4.26. The Morgan fingerprint density at radius 3 is 3.05 bits per heavy atom. The normalized spacial score (nSPS) is 12.9. The number of thiazole rings is 1. The highest BCUT2D eigenvalue weighted by Crippen LogP contribution is 2.17. The lowest BCUT2D eigenvalue weighted by molar-refractivity contribution is 0.501. The summed E-state index contributed by atoms with van der Waals surface area (Å²) in [6.07, 6.45) is 2.35. The lowest BCUT2D eigenvalue weighted by Crippen LogP contribution is -2.09. The predicted octanol–water partition coefficient (Wildman–Crippen LogP) is 3.56. The van der Waals surface area contributed by atoms with Crippen molar-refractivity contribution in [3.8, 4) is 0 Å². The van der Waals surface area contributed by atoms with E-state index in [9.17, 15) is 5.11 Å². The molecule has 5 heteroatoms. The zero-order valence-corrected chi connectivity index (χ0v) is 13.2. The van der Waals surface area contributed by atoms with Crippen molar-refractivity contribution in [3.63, 3.8) is 0 Å². The standard InChI is InChI=1S/C14H16ClNOS2/c1-3-4-5-18-8-13(17)10-6-14-12(7-11(10)15)16-9(2)19-14/h6-7,17H,2-5,8H2,1H3/b13-10+. The maximum absolute atomic E-state index is 10.1. The first-order chi connectivity index (χ1) is 9.11. The third-order valence-electron chi connectivity index (χ3n) is 2.71. The van der Waals surface area contributed by atoms with Crippen molar-refractivity contribution in [2.24, 2.45) is 0 Å². The summed E-state index contributed by atoms with van der Waals surface area (Å²) in [6, 6.07) is 3.70. The van der Waals surface area contributed by atoms with Crippen LogP contribution in [0.15, 0.2) is 12.1 Å². The van der Waals surface area contributed by atoms with Crippen molar-refractivity contribution >= 4 is 57.3 Å². The van der Waals surface area contributed by atoms with E-state index < -0.39 is 0 Å². The van der Waals surface area contributed by atoms with Gasteiger partial charge in [-0.2, -0.15) is 11.8 Å². The predicted molar refractivity (Wildman–Crippen MR) is 87.7 cm³/mol. The van der Waals surface area contributed by atoms with E-state index in [0.717, 1.165) is 20.6 Å². The molecule has 1 heterocycles. The molecule has 0 aliphatic carbocycles. The molecule has 1 N–H and O–H groups in total. The van der Waals surface area contributed by atoms with E-state index in [-0.39, 0.29) is 0 Å². The SMILES string of the molecule is C=c1nc2cc(Cl)/c(=C(/O)CSCCCC)cc2s1. The van der Waals surface area contributed by atoms with Crippen LogP contribution in [0.25, 0.3) is 22.6 Å². The number of unbranched alkanes of at least 4 members (excludes halogenated alkanes) is 1. The van der Waals surface area contributed by atoms with Crippen LogP contribution in [-0.2, 0) is 0 Å². The Labute approximate surface area is 125 Å². The number of hydrogen-bond donors (Lipinski definition) is 1. The molecule has 0 amide bonds. The Morgan fingerprint density at radius 2 is 2.32 bits per heavy atom. The molecule has 2 rings (SSSR count). The number of aliphatic hydroxyl groups excluding tert-OH is 1. The maximum Gasteiger partial charge on any atom is 0.111 e. The quantitative estimate of drug-likeness (QED) is 0.857. The summed E-state index contributed by atoms with van der Waals surface area (Å²) >= 11 is 9.44. The fourth-order valence-electron chi connectivity index (χ4n) is 1.71. The first kappa shape index (κ1) is 14.7. The van der Waals surface area contributed by atoms with Crippen molar-refractivity contribution in [3.05, 3.63) is 27.0 Å². The molecule has 0 fully saturated rings. The van der Waals surface area contributed by atoms with Gasteiger partial charge in [0.2, 0.25) is 0 Å². The number of halogens is 1. The molecule has 2 aromatic rings. The van der Waals surface area contributed by atoms with E-state index in [2.05, 4.69) is 18.5 Å². The molecule has 102 valence electrons. The van der Waals surface area contributed by atoms with Gasteiger partial charge in [-0.25, -0.2) is 4.98 Å². The minimum atomic E-state index is 0.340. The summed E-state index contributed by atoms with van der Waals surface area (Å²) < 4.78 is 1.77. The van der Waals surface area contributed by atoms with Crippen LogP contribution in [-0.4, -0.2) is 21.6 Å². The second-order valence-corrected chi connectivity index (χ2v) is 6.89. The minimum Gasteiger partial charge on any atom is -0.511 e. The van der Waals surface area contributed by atoms with Gasteiger partial charge in [0.15, 0.2) is 0 Å². The smallest absolute Gasteiger partial charge is 0.111 e. The molecular weight excluding hydrogens is 298 g/mol. The molecule has 1 aromatic carbocycles. The number of aromatic nitrogens is 1. The number of nitrogens with zero attached hydrogens (tertiary/aromatic N) is 1. The van der Waals surface area contributed by atoms with Gasteiger partial charge in [0.1, 0.15) is 10.4 Å². The van der Waals surface area contributed by atoms with Gasteiger partial charge in [0, 0.05) is 5.22 Å². The number of aliphatic hydroxyl groups is 1. The van der Waals surface area contributed by atoms with Gasteiger partial charge in [-0.15, -0.1) is 11.3 Å². The topological polar surface area (TPSA) is 33.1 Å². The molecule has 0 spiro atoms. The first-order valence-electron chi connectivity index (χ1n) is 6.16. The monoisotopic (exact) mass is 313 g/mol. The summed E-state index contributed by atoms with van der Waals surface area (Å²) in [7, 11) is 0. The summed E-state index contributed by atoms with van der Waals surface area (Å²) in [5.41, 5.74) is 0.843. The molecule has 0 unspecified atom stereocenters. The highest BCUT2D eigenvalue weighted by molar-refractivity contribution is 7.99. The van der Waals surface area contributed by atoms with Gasteiger partial charge in [-0.1, -0.05) is 31.5 Å². The Kier molecular flexibility index (Phi) is 5.13. The third-order valence-corrected chi connectivity index (χ3v) is 4.95. The fraction of sp³-hybridized carbons (Fsp3) is 0.357. The van der Waals surface area contributed by atoms with E-state index >= 15 is 0 Å². The average molecular weight is 314 g/mol.